The van der Waals surface area contributed by atoms with Crippen molar-refractivity contribution in [1.29, 1.82) is 0 Å². The molecule has 1 aliphatic heterocycles. The summed E-state index contributed by atoms with van der Waals surface area (Å²) in [5, 5.41) is 4.29. The number of hydrogen-bond donors (Lipinski definition) is 0. The summed E-state index contributed by atoms with van der Waals surface area (Å²) >= 11 is 0. The van der Waals surface area contributed by atoms with Crippen molar-refractivity contribution in [3.63, 3.8) is 0 Å². The first kappa shape index (κ1) is 20.0. The van der Waals surface area contributed by atoms with Gasteiger partial charge in [-0.15, -0.1) is 0 Å². The molecule has 1 saturated heterocycles. The maximum absolute atomic E-state index is 12.8. The van der Waals surface area contributed by atoms with Crippen molar-refractivity contribution >= 4 is 5.91 Å². The monoisotopic (exact) mass is 407 g/mol. The molecular weight excluding hydrogens is 382 g/mol. The quantitative estimate of drug-likeness (QED) is 0.647. The Bertz CT molecular complexity index is 1030. The van der Waals surface area contributed by atoms with E-state index in [1.807, 2.05) is 61.2 Å². The van der Waals surface area contributed by atoms with Gasteiger partial charge in [-0.1, -0.05) is 6.07 Å². The molecule has 8 nitrogen and oxygen atoms in total. The average Bonchev–Trinajstić information content (AvgIpc) is 3.10. The molecule has 0 spiro atoms. The Balaban J connectivity index is 1.47. The van der Waals surface area contributed by atoms with Crippen LogP contribution in [0.4, 0.5) is 0 Å². The number of carbonyl (C=O) groups is 1. The Morgan fingerprint density at radius 3 is 2.67 bits per heavy atom. The maximum atomic E-state index is 12.8. The molecule has 3 heterocycles. The molecule has 3 aromatic rings. The van der Waals surface area contributed by atoms with Gasteiger partial charge < -0.3 is 14.4 Å². The number of carbonyl (C=O) groups excluding carboxylic acids is 1. The van der Waals surface area contributed by atoms with E-state index >= 15 is 0 Å². The Hall–Kier alpha value is -3.26. The first-order valence-corrected chi connectivity index (χ1v) is 9.92. The Morgan fingerprint density at radius 2 is 1.97 bits per heavy atom. The third-order valence-electron chi connectivity index (χ3n) is 5.15. The molecule has 0 radical (unpaired) electrons. The molecule has 1 aromatic carbocycles. The molecular formula is C22H25N5O3. The van der Waals surface area contributed by atoms with Crippen molar-refractivity contribution in [3.05, 3.63) is 59.8 Å². The van der Waals surface area contributed by atoms with Gasteiger partial charge in [-0.3, -0.25) is 4.79 Å². The van der Waals surface area contributed by atoms with Crippen LogP contribution < -0.4 is 4.74 Å². The minimum Gasteiger partial charge on any atom is -0.497 e. The fourth-order valence-electron chi connectivity index (χ4n) is 3.55. The summed E-state index contributed by atoms with van der Waals surface area (Å²) in [5.74, 6) is 2.21. The van der Waals surface area contributed by atoms with Gasteiger partial charge in [-0.25, -0.2) is 14.6 Å². The van der Waals surface area contributed by atoms with E-state index in [0.717, 1.165) is 28.5 Å². The van der Waals surface area contributed by atoms with Crippen molar-refractivity contribution in [2.45, 2.75) is 26.5 Å². The van der Waals surface area contributed by atoms with Gasteiger partial charge in [0.25, 0.3) is 0 Å². The first-order chi connectivity index (χ1) is 14.5. The van der Waals surface area contributed by atoms with Crippen LogP contribution in [0.2, 0.25) is 0 Å². The topological polar surface area (TPSA) is 82.4 Å². The van der Waals surface area contributed by atoms with E-state index in [9.17, 15) is 4.79 Å². The lowest BCUT2D eigenvalue weighted by Crippen LogP contribution is -2.44. The van der Waals surface area contributed by atoms with Gasteiger partial charge in [-0.05, 0) is 50.2 Å². The molecule has 1 amide bonds. The number of amides is 1. The normalized spacial score (nSPS) is 16.5. The standard InChI is InChI=1S/C22H25N5O3/c1-15-23-16(2)27(25-15)14-22(28)26-11-12-30-21(13-26)20-6-4-5-19(24-20)17-7-9-18(29-3)10-8-17/h4-10,21H,11-14H2,1-3H3. The van der Waals surface area contributed by atoms with E-state index in [2.05, 4.69) is 10.1 Å². The lowest BCUT2D eigenvalue weighted by atomic mass is 10.1. The van der Waals surface area contributed by atoms with Crippen molar-refractivity contribution in [2.75, 3.05) is 26.8 Å². The Morgan fingerprint density at radius 1 is 1.17 bits per heavy atom. The Kier molecular flexibility index (Phi) is 5.76. The molecule has 0 bridgehead atoms. The molecule has 1 fully saturated rings. The van der Waals surface area contributed by atoms with Gasteiger partial charge in [0.15, 0.2) is 0 Å². The number of pyridine rings is 1. The molecule has 0 saturated carbocycles. The summed E-state index contributed by atoms with van der Waals surface area (Å²) in [7, 11) is 1.65. The molecule has 30 heavy (non-hydrogen) atoms. The van der Waals surface area contributed by atoms with Gasteiger partial charge in [0, 0.05) is 12.1 Å². The van der Waals surface area contributed by atoms with Gasteiger partial charge in [0.2, 0.25) is 5.91 Å². The lowest BCUT2D eigenvalue weighted by Gasteiger charge is -2.32. The van der Waals surface area contributed by atoms with Crippen LogP contribution in [0.5, 0.6) is 5.75 Å². The summed E-state index contributed by atoms with van der Waals surface area (Å²) in [6, 6.07) is 13.6. The molecule has 156 valence electrons. The predicted octanol–water partition coefficient (Wildman–Crippen LogP) is 2.57. The third-order valence-corrected chi connectivity index (χ3v) is 5.15. The van der Waals surface area contributed by atoms with Gasteiger partial charge >= 0.3 is 0 Å². The van der Waals surface area contributed by atoms with Crippen LogP contribution >= 0.6 is 0 Å². The number of methoxy groups -OCH3 is 1. The number of hydrogen-bond acceptors (Lipinski definition) is 6. The van der Waals surface area contributed by atoms with Crippen molar-refractivity contribution in [3.8, 4) is 17.0 Å². The minimum atomic E-state index is -0.264. The van der Waals surface area contributed by atoms with Crippen molar-refractivity contribution in [2.24, 2.45) is 0 Å². The smallest absolute Gasteiger partial charge is 0.244 e. The number of aromatic nitrogens is 4. The molecule has 8 heteroatoms. The number of rotatable bonds is 5. The highest BCUT2D eigenvalue weighted by atomic mass is 16.5. The highest BCUT2D eigenvalue weighted by molar-refractivity contribution is 5.76. The Labute approximate surface area is 175 Å². The van der Waals surface area contributed by atoms with Crippen LogP contribution in [0, 0.1) is 13.8 Å². The summed E-state index contributed by atoms with van der Waals surface area (Å²) in [4.78, 5) is 23.7. The van der Waals surface area contributed by atoms with Crippen LogP contribution in [-0.2, 0) is 16.1 Å². The molecule has 1 atom stereocenters. The van der Waals surface area contributed by atoms with Crippen molar-refractivity contribution in [1.82, 2.24) is 24.6 Å². The fourth-order valence-corrected chi connectivity index (χ4v) is 3.55. The van der Waals surface area contributed by atoms with E-state index in [-0.39, 0.29) is 18.6 Å². The second kappa shape index (κ2) is 8.62. The molecule has 2 aromatic heterocycles. The average molecular weight is 407 g/mol. The van der Waals surface area contributed by atoms with E-state index in [1.165, 1.54) is 0 Å². The number of aryl methyl sites for hydroxylation is 2. The first-order valence-electron chi connectivity index (χ1n) is 9.92. The number of ether oxygens (including phenoxy) is 2. The van der Waals surface area contributed by atoms with Crippen LogP contribution in [0.25, 0.3) is 11.3 Å². The summed E-state index contributed by atoms with van der Waals surface area (Å²) in [6.45, 7) is 5.34. The van der Waals surface area contributed by atoms with Crippen LogP contribution in [0.1, 0.15) is 23.4 Å². The number of nitrogens with zero attached hydrogens (tertiary/aromatic N) is 5. The zero-order valence-electron chi connectivity index (χ0n) is 17.4. The third kappa shape index (κ3) is 4.33. The second-order valence-corrected chi connectivity index (χ2v) is 7.24. The zero-order chi connectivity index (χ0) is 21.1. The van der Waals surface area contributed by atoms with E-state index in [0.29, 0.717) is 25.5 Å². The van der Waals surface area contributed by atoms with Gasteiger partial charge in [0.05, 0.1) is 31.6 Å². The highest BCUT2D eigenvalue weighted by Gasteiger charge is 2.27. The zero-order valence-corrected chi connectivity index (χ0v) is 17.4. The summed E-state index contributed by atoms with van der Waals surface area (Å²) in [6.07, 6.45) is -0.264. The number of morpholine rings is 1. The van der Waals surface area contributed by atoms with Crippen molar-refractivity contribution < 1.29 is 14.3 Å². The largest absolute Gasteiger partial charge is 0.497 e. The van der Waals surface area contributed by atoms with Gasteiger partial charge in [-0.2, -0.15) is 5.10 Å². The van der Waals surface area contributed by atoms with Crippen LogP contribution in [0.15, 0.2) is 42.5 Å². The second-order valence-electron chi connectivity index (χ2n) is 7.24. The van der Waals surface area contributed by atoms with E-state index in [4.69, 9.17) is 14.5 Å². The van der Waals surface area contributed by atoms with Crippen LogP contribution in [0.3, 0.4) is 0 Å². The highest BCUT2D eigenvalue weighted by Crippen LogP contribution is 2.25. The lowest BCUT2D eigenvalue weighted by molar-refractivity contribution is -0.140. The fraction of sp³-hybridized carbons (Fsp3) is 0.364. The van der Waals surface area contributed by atoms with E-state index in [1.54, 1.807) is 11.8 Å². The van der Waals surface area contributed by atoms with E-state index < -0.39 is 0 Å². The summed E-state index contributed by atoms with van der Waals surface area (Å²) in [5.41, 5.74) is 2.67. The molecule has 0 aliphatic carbocycles. The number of benzene rings is 1. The van der Waals surface area contributed by atoms with Crippen LogP contribution in [-0.4, -0.2) is 57.4 Å². The molecule has 1 aliphatic rings. The summed E-state index contributed by atoms with van der Waals surface area (Å²) < 4.78 is 12.8. The van der Waals surface area contributed by atoms with Gasteiger partial charge in [0.1, 0.15) is 30.0 Å². The molecule has 1 unspecified atom stereocenters. The SMILES string of the molecule is COc1ccc(-c2cccc(C3CN(C(=O)Cn4nc(C)nc4C)CCO3)n2)cc1. The maximum Gasteiger partial charge on any atom is 0.244 e. The predicted molar refractivity (Wildman–Crippen MR) is 111 cm³/mol. The molecule has 4 rings (SSSR count). The minimum absolute atomic E-state index is 0.00242. The molecule has 0 N–H and O–H groups in total.